The second-order valence-electron chi connectivity index (χ2n) is 8.53. The minimum absolute atomic E-state index is 0.262. The highest BCUT2D eigenvalue weighted by molar-refractivity contribution is 5.68. The van der Waals surface area contributed by atoms with Gasteiger partial charge in [0.1, 0.15) is 5.60 Å². The van der Waals surface area contributed by atoms with Crippen molar-refractivity contribution >= 4 is 6.09 Å². The number of rotatable bonds is 3. The molecule has 0 radical (unpaired) electrons. The number of fused-ring (bicyclic) bond motifs is 1. The van der Waals surface area contributed by atoms with Gasteiger partial charge in [0.15, 0.2) is 0 Å². The molecule has 1 N–H and O–H groups in total. The SMILES string of the molecule is COC1CCC(N2CC3CCC(NC(=O)OC(C)(C)C)C3C2)C1. The molecule has 5 unspecified atom stereocenters. The van der Waals surface area contributed by atoms with Crippen LogP contribution in [0, 0.1) is 11.8 Å². The fourth-order valence-corrected chi connectivity index (χ4v) is 4.70. The van der Waals surface area contributed by atoms with E-state index in [1.807, 2.05) is 27.9 Å². The van der Waals surface area contributed by atoms with E-state index < -0.39 is 5.60 Å². The van der Waals surface area contributed by atoms with Crippen molar-refractivity contribution in [2.75, 3.05) is 20.2 Å². The summed E-state index contributed by atoms with van der Waals surface area (Å²) in [5.41, 5.74) is -0.428. The van der Waals surface area contributed by atoms with Crippen molar-refractivity contribution < 1.29 is 14.3 Å². The topological polar surface area (TPSA) is 50.8 Å². The Bertz CT molecular complexity index is 434. The first-order chi connectivity index (χ1) is 10.9. The average molecular weight is 324 g/mol. The Morgan fingerprint density at radius 1 is 1.13 bits per heavy atom. The van der Waals surface area contributed by atoms with Gasteiger partial charge in [0.05, 0.1) is 6.10 Å². The van der Waals surface area contributed by atoms with Crippen LogP contribution >= 0.6 is 0 Å². The predicted octanol–water partition coefficient (Wildman–Crippen LogP) is 2.79. The molecular formula is C18H32N2O3. The highest BCUT2D eigenvalue weighted by Crippen LogP contribution is 2.41. The lowest BCUT2D eigenvalue weighted by atomic mass is 9.98. The van der Waals surface area contributed by atoms with Crippen molar-refractivity contribution in [1.82, 2.24) is 10.2 Å². The summed E-state index contributed by atoms with van der Waals surface area (Å²) in [6, 6.07) is 0.951. The summed E-state index contributed by atoms with van der Waals surface area (Å²) in [6.45, 7) is 8.04. The number of ether oxygens (including phenoxy) is 2. The van der Waals surface area contributed by atoms with Crippen LogP contribution in [-0.4, -0.2) is 55.0 Å². The molecule has 5 atom stereocenters. The zero-order valence-corrected chi connectivity index (χ0v) is 15.0. The van der Waals surface area contributed by atoms with E-state index in [9.17, 15) is 4.79 Å². The molecule has 2 saturated carbocycles. The van der Waals surface area contributed by atoms with Crippen LogP contribution in [0.1, 0.15) is 52.9 Å². The number of carbonyl (C=O) groups is 1. The van der Waals surface area contributed by atoms with Crippen molar-refractivity contribution in [3.8, 4) is 0 Å². The number of amides is 1. The molecule has 132 valence electrons. The van der Waals surface area contributed by atoms with E-state index in [-0.39, 0.29) is 12.1 Å². The summed E-state index contributed by atoms with van der Waals surface area (Å²) < 4.78 is 10.9. The van der Waals surface area contributed by atoms with E-state index in [1.54, 1.807) is 0 Å². The molecule has 5 nitrogen and oxygen atoms in total. The second kappa shape index (κ2) is 6.60. The van der Waals surface area contributed by atoms with Gasteiger partial charge in [-0.3, -0.25) is 4.90 Å². The standard InChI is InChI=1S/C18H32N2O3/c1-18(2,3)23-17(21)19-16-8-5-12-10-20(11-15(12)16)13-6-7-14(9-13)22-4/h12-16H,5-11H2,1-4H3,(H,19,21). The summed E-state index contributed by atoms with van der Waals surface area (Å²) in [5.74, 6) is 1.32. The van der Waals surface area contributed by atoms with Gasteiger partial charge in [-0.15, -0.1) is 0 Å². The van der Waals surface area contributed by atoms with Gasteiger partial charge in [0.2, 0.25) is 0 Å². The summed E-state index contributed by atoms with van der Waals surface area (Å²) in [4.78, 5) is 14.7. The minimum Gasteiger partial charge on any atom is -0.444 e. The van der Waals surface area contributed by atoms with E-state index in [1.165, 1.54) is 32.2 Å². The third kappa shape index (κ3) is 4.00. The molecule has 3 fully saturated rings. The van der Waals surface area contributed by atoms with E-state index >= 15 is 0 Å². The van der Waals surface area contributed by atoms with E-state index in [0.29, 0.717) is 18.1 Å². The lowest BCUT2D eigenvalue weighted by Crippen LogP contribution is -2.43. The Kier molecular flexibility index (Phi) is 4.88. The smallest absolute Gasteiger partial charge is 0.407 e. The van der Waals surface area contributed by atoms with Crippen LogP contribution in [0.15, 0.2) is 0 Å². The van der Waals surface area contributed by atoms with Crippen LogP contribution in [0.2, 0.25) is 0 Å². The first kappa shape index (κ1) is 17.0. The highest BCUT2D eigenvalue weighted by Gasteiger charge is 2.46. The van der Waals surface area contributed by atoms with Gasteiger partial charge >= 0.3 is 6.09 Å². The van der Waals surface area contributed by atoms with E-state index in [2.05, 4.69) is 10.2 Å². The Morgan fingerprint density at radius 3 is 2.57 bits per heavy atom. The van der Waals surface area contributed by atoms with Gasteiger partial charge in [0.25, 0.3) is 0 Å². The summed E-state index contributed by atoms with van der Waals surface area (Å²) in [6.07, 6.45) is 6.10. The zero-order valence-electron chi connectivity index (χ0n) is 15.0. The molecule has 1 heterocycles. The fraction of sp³-hybridized carbons (Fsp3) is 0.944. The Hall–Kier alpha value is -0.810. The maximum absolute atomic E-state index is 12.1. The van der Waals surface area contributed by atoms with Crippen molar-refractivity contribution in [3.63, 3.8) is 0 Å². The molecule has 0 spiro atoms. The van der Waals surface area contributed by atoms with Crippen LogP contribution in [-0.2, 0) is 9.47 Å². The van der Waals surface area contributed by atoms with Crippen LogP contribution in [0.4, 0.5) is 4.79 Å². The average Bonchev–Trinajstić information content (AvgIpc) is 3.12. The Morgan fingerprint density at radius 2 is 1.91 bits per heavy atom. The van der Waals surface area contributed by atoms with Crippen LogP contribution in [0.25, 0.3) is 0 Å². The quantitative estimate of drug-likeness (QED) is 0.867. The third-order valence-corrected chi connectivity index (χ3v) is 5.79. The molecule has 3 aliphatic rings. The number of alkyl carbamates (subject to hydrolysis) is 1. The molecule has 3 rings (SSSR count). The van der Waals surface area contributed by atoms with Gasteiger partial charge in [0, 0.05) is 32.3 Å². The molecule has 2 aliphatic carbocycles. The molecule has 1 saturated heterocycles. The highest BCUT2D eigenvalue weighted by atomic mass is 16.6. The summed E-state index contributed by atoms with van der Waals surface area (Å²) in [5, 5.41) is 3.13. The second-order valence-corrected chi connectivity index (χ2v) is 8.53. The number of methoxy groups -OCH3 is 1. The normalized spacial score (nSPS) is 37.8. The van der Waals surface area contributed by atoms with Crippen molar-refractivity contribution in [2.24, 2.45) is 11.8 Å². The maximum atomic E-state index is 12.1. The van der Waals surface area contributed by atoms with Crippen LogP contribution < -0.4 is 5.32 Å². The largest absolute Gasteiger partial charge is 0.444 e. The first-order valence-electron chi connectivity index (χ1n) is 9.12. The minimum atomic E-state index is -0.428. The lowest BCUT2D eigenvalue weighted by molar-refractivity contribution is 0.0490. The molecule has 1 aliphatic heterocycles. The summed E-state index contributed by atoms with van der Waals surface area (Å²) >= 11 is 0. The Balaban J connectivity index is 1.52. The van der Waals surface area contributed by atoms with Crippen molar-refractivity contribution in [3.05, 3.63) is 0 Å². The number of nitrogens with one attached hydrogen (secondary N) is 1. The van der Waals surface area contributed by atoms with E-state index in [0.717, 1.165) is 18.9 Å². The number of likely N-dealkylation sites (tertiary alicyclic amines) is 1. The predicted molar refractivity (Wildman–Crippen MR) is 89.4 cm³/mol. The monoisotopic (exact) mass is 324 g/mol. The van der Waals surface area contributed by atoms with Gasteiger partial charge < -0.3 is 14.8 Å². The zero-order chi connectivity index (χ0) is 16.6. The molecule has 1 amide bonds. The number of hydrogen-bond donors (Lipinski definition) is 1. The molecule has 0 aromatic rings. The third-order valence-electron chi connectivity index (χ3n) is 5.79. The molecule has 0 aromatic heterocycles. The van der Waals surface area contributed by atoms with E-state index in [4.69, 9.17) is 9.47 Å². The molecule has 0 bridgehead atoms. The Labute approximate surface area is 140 Å². The molecule has 0 aromatic carbocycles. The lowest BCUT2D eigenvalue weighted by Gasteiger charge is -2.27. The van der Waals surface area contributed by atoms with Crippen LogP contribution in [0.5, 0.6) is 0 Å². The first-order valence-corrected chi connectivity index (χ1v) is 9.12. The van der Waals surface area contributed by atoms with Gasteiger partial charge in [-0.05, 0) is 64.7 Å². The molecule has 23 heavy (non-hydrogen) atoms. The molecule has 5 heteroatoms. The van der Waals surface area contributed by atoms with Crippen molar-refractivity contribution in [1.29, 1.82) is 0 Å². The fourth-order valence-electron chi connectivity index (χ4n) is 4.70. The number of carbonyl (C=O) groups excluding carboxylic acids is 1. The van der Waals surface area contributed by atoms with Gasteiger partial charge in [-0.25, -0.2) is 4.79 Å². The molecular weight excluding hydrogens is 292 g/mol. The summed E-state index contributed by atoms with van der Waals surface area (Å²) in [7, 11) is 1.83. The maximum Gasteiger partial charge on any atom is 0.407 e. The van der Waals surface area contributed by atoms with Gasteiger partial charge in [-0.1, -0.05) is 0 Å². The van der Waals surface area contributed by atoms with Crippen molar-refractivity contribution in [2.45, 2.75) is 76.7 Å². The number of hydrogen-bond acceptors (Lipinski definition) is 4. The van der Waals surface area contributed by atoms with Crippen LogP contribution in [0.3, 0.4) is 0 Å². The number of nitrogens with zero attached hydrogens (tertiary/aromatic N) is 1. The van der Waals surface area contributed by atoms with Gasteiger partial charge in [-0.2, -0.15) is 0 Å².